The molecule has 10 heteroatoms. The summed E-state index contributed by atoms with van der Waals surface area (Å²) in [4.78, 5) is 12.4. The number of ether oxygens (including phenoxy) is 1. The quantitative estimate of drug-likeness (QED) is 0.540. The van der Waals surface area contributed by atoms with Crippen molar-refractivity contribution < 1.29 is 22.7 Å². The standard InChI is InChI=1S/C19H14Cl2F3N3O2/c20-15-5-2-6-16(17(15)21)29-10-12-3-1-4-13(7-12)18(28)26-14-8-25-27(9-14)11-19(22,23)24/h1-9H,10-11H2,(H,26,28). The van der Waals surface area contributed by atoms with Crippen LogP contribution in [0.2, 0.25) is 10.0 Å². The molecule has 3 rings (SSSR count). The Kier molecular flexibility index (Phi) is 6.34. The number of rotatable bonds is 6. The maximum absolute atomic E-state index is 12.4. The number of alkyl halides is 3. The number of carbonyl (C=O) groups excluding carboxylic acids is 1. The van der Waals surface area contributed by atoms with Crippen LogP contribution in [0.5, 0.6) is 5.75 Å². The zero-order chi connectivity index (χ0) is 21.0. The molecule has 0 fully saturated rings. The second-order valence-corrected chi connectivity index (χ2v) is 6.82. The van der Waals surface area contributed by atoms with E-state index in [9.17, 15) is 18.0 Å². The van der Waals surface area contributed by atoms with E-state index in [1.165, 1.54) is 0 Å². The molecule has 0 unspecified atom stereocenters. The van der Waals surface area contributed by atoms with E-state index in [4.69, 9.17) is 27.9 Å². The van der Waals surface area contributed by atoms with E-state index in [-0.39, 0.29) is 12.3 Å². The summed E-state index contributed by atoms with van der Waals surface area (Å²) in [6.45, 7) is -1.09. The molecular weight excluding hydrogens is 430 g/mol. The van der Waals surface area contributed by atoms with Crippen LogP contribution in [-0.2, 0) is 13.2 Å². The van der Waals surface area contributed by atoms with E-state index in [0.717, 1.165) is 12.4 Å². The summed E-state index contributed by atoms with van der Waals surface area (Å²) in [5.74, 6) is -0.0784. The number of benzene rings is 2. The van der Waals surface area contributed by atoms with E-state index >= 15 is 0 Å². The molecule has 5 nitrogen and oxygen atoms in total. The fourth-order valence-electron chi connectivity index (χ4n) is 2.46. The highest BCUT2D eigenvalue weighted by atomic mass is 35.5. The molecule has 3 aromatic rings. The van der Waals surface area contributed by atoms with Gasteiger partial charge in [0.1, 0.15) is 23.9 Å². The Hall–Kier alpha value is -2.71. The van der Waals surface area contributed by atoms with Crippen molar-refractivity contribution in [3.63, 3.8) is 0 Å². The van der Waals surface area contributed by atoms with Gasteiger partial charge in [0.25, 0.3) is 5.91 Å². The van der Waals surface area contributed by atoms with Gasteiger partial charge < -0.3 is 10.1 Å². The molecule has 0 atom stereocenters. The lowest BCUT2D eigenvalue weighted by atomic mass is 10.1. The Labute approximate surface area is 174 Å². The molecule has 0 aliphatic carbocycles. The Morgan fingerprint density at radius 3 is 2.69 bits per heavy atom. The average Bonchev–Trinajstić information content (AvgIpc) is 3.08. The van der Waals surface area contributed by atoms with Crippen LogP contribution in [0.3, 0.4) is 0 Å². The number of nitrogens with zero attached hydrogens (tertiary/aromatic N) is 2. The summed E-state index contributed by atoms with van der Waals surface area (Å²) in [6, 6.07) is 11.6. The second kappa shape index (κ2) is 8.75. The largest absolute Gasteiger partial charge is 0.487 e. The molecule has 0 bridgehead atoms. The normalized spacial score (nSPS) is 11.3. The van der Waals surface area contributed by atoms with Crippen LogP contribution in [0.4, 0.5) is 18.9 Å². The van der Waals surface area contributed by atoms with Crippen molar-refractivity contribution in [3.05, 3.63) is 76.0 Å². The van der Waals surface area contributed by atoms with Crippen molar-refractivity contribution in [2.75, 3.05) is 5.32 Å². The summed E-state index contributed by atoms with van der Waals surface area (Å²) in [5, 5.41) is 6.75. The molecule has 152 valence electrons. The molecule has 1 N–H and O–H groups in total. The lowest BCUT2D eigenvalue weighted by Gasteiger charge is -2.10. The first-order valence-corrected chi connectivity index (χ1v) is 9.03. The molecule has 0 aliphatic rings. The summed E-state index contributed by atoms with van der Waals surface area (Å²) < 4.78 is 43.5. The van der Waals surface area contributed by atoms with Gasteiger partial charge in [0.2, 0.25) is 0 Å². The maximum Gasteiger partial charge on any atom is 0.408 e. The molecule has 1 amide bonds. The Morgan fingerprint density at radius 2 is 1.93 bits per heavy atom. The number of hydrogen-bond donors (Lipinski definition) is 1. The number of anilines is 1. The number of aromatic nitrogens is 2. The highest BCUT2D eigenvalue weighted by Crippen LogP contribution is 2.32. The summed E-state index contributed by atoms with van der Waals surface area (Å²) in [7, 11) is 0. The minimum Gasteiger partial charge on any atom is -0.487 e. The van der Waals surface area contributed by atoms with Gasteiger partial charge in [-0.1, -0.05) is 41.4 Å². The first-order valence-electron chi connectivity index (χ1n) is 8.27. The van der Waals surface area contributed by atoms with Crippen LogP contribution in [0.25, 0.3) is 0 Å². The van der Waals surface area contributed by atoms with Gasteiger partial charge in [-0.2, -0.15) is 18.3 Å². The van der Waals surface area contributed by atoms with Gasteiger partial charge >= 0.3 is 6.18 Å². The predicted octanol–water partition coefficient (Wildman–Crippen LogP) is 5.58. The van der Waals surface area contributed by atoms with Gasteiger partial charge in [-0.05, 0) is 29.8 Å². The molecule has 2 aromatic carbocycles. The van der Waals surface area contributed by atoms with Crippen molar-refractivity contribution in [2.45, 2.75) is 19.3 Å². The van der Waals surface area contributed by atoms with E-state index < -0.39 is 18.6 Å². The Balaban J connectivity index is 1.64. The van der Waals surface area contributed by atoms with E-state index in [1.807, 2.05) is 0 Å². The third-order valence-corrected chi connectivity index (χ3v) is 4.53. The molecule has 1 aromatic heterocycles. The molecular formula is C19H14Cl2F3N3O2. The molecule has 0 saturated carbocycles. The van der Waals surface area contributed by atoms with E-state index in [1.54, 1.807) is 42.5 Å². The maximum atomic E-state index is 12.4. The lowest BCUT2D eigenvalue weighted by molar-refractivity contribution is -0.142. The van der Waals surface area contributed by atoms with E-state index in [2.05, 4.69) is 10.4 Å². The lowest BCUT2D eigenvalue weighted by Crippen LogP contribution is -2.18. The molecule has 0 saturated heterocycles. The average molecular weight is 444 g/mol. The Morgan fingerprint density at radius 1 is 1.17 bits per heavy atom. The molecule has 0 spiro atoms. The zero-order valence-corrected chi connectivity index (χ0v) is 16.2. The van der Waals surface area contributed by atoms with Crippen molar-refractivity contribution in [1.82, 2.24) is 9.78 Å². The predicted molar refractivity (Wildman–Crippen MR) is 103 cm³/mol. The van der Waals surface area contributed by atoms with Gasteiger partial charge in [0.05, 0.1) is 16.9 Å². The van der Waals surface area contributed by atoms with Crippen LogP contribution in [0.1, 0.15) is 15.9 Å². The second-order valence-electron chi connectivity index (χ2n) is 6.04. The van der Waals surface area contributed by atoms with Gasteiger partial charge in [0.15, 0.2) is 0 Å². The zero-order valence-electron chi connectivity index (χ0n) is 14.7. The van der Waals surface area contributed by atoms with Crippen LogP contribution >= 0.6 is 23.2 Å². The monoisotopic (exact) mass is 443 g/mol. The van der Waals surface area contributed by atoms with Crippen LogP contribution in [-0.4, -0.2) is 21.9 Å². The first kappa shape index (κ1) is 21.0. The van der Waals surface area contributed by atoms with Crippen molar-refractivity contribution >= 4 is 34.8 Å². The minimum absolute atomic E-state index is 0.144. The van der Waals surface area contributed by atoms with Crippen molar-refractivity contribution in [2.24, 2.45) is 0 Å². The summed E-state index contributed by atoms with van der Waals surface area (Å²) >= 11 is 12.0. The number of amides is 1. The van der Waals surface area contributed by atoms with Crippen molar-refractivity contribution in [1.29, 1.82) is 0 Å². The van der Waals surface area contributed by atoms with E-state index in [0.29, 0.717) is 31.6 Å². The SMILES string of the molecule is O=C(Nc1cnn(CC(F)(F)F)c1)c1cccc(COc2cccc(Cl)c2Cl)c1. The number of carbonyl (C=O) groups is 1. The molecule has 0 aliphatic heterocycles. The summed E-state index contributed by atoms with van der Waals surface area (Å²) in [6.07, 6.45) is -2.13. The van der Waals surface area contributed by atoms with Crippen molar-refractivity contribution in [3.8, 4) is 5.75 Å². The van der Waals surface area contributed by atoms with Crippen LogP contribution in [0, 0.1) is 0 Å². The highest BCUT2D eigenvalue weighted by molar-refractivity contribution is 6.42. The van der Waals surface area contributed by atoms with Gasteiger partial charge in [-0.3, -0.25) is 9.48 Å². The fraction of sp³-hybridized carbons (Fsp3) is 0.158. The molecule has 0 radical (unpaired) electrons. The third-order valence-electron chi connectivity index (χ3n) is 3.73. The number of nitrogens with one attached hydrogen (secondary N) is 1. The fourth-order valence-corrected chi connectivity index (χ4v) is 2.81. The molecule has 1 heterocycles. The van der Waals surface area contributed by atoms with Gasteiger partial charge in [0, 0.05) is 11.8 Å². The van der Waals surface area contributed by atoms with Crippen LogP contribution in [0.15, 0.2) is 54.9 Å². The minimum atomic E-state index is -4.40. The van der Waals surface area contributed by atoms with Gasteiger partial charge in [-0.15, -0.1) is 0 Å². The van der Waals surface area contributed by atoms with Gasteiger partial charge in [-0.25, -0.2) is 0 Å². The van der Waals surface area contributed by atoms with Crippen LogP contribution < -0.4 is 10.1 Å². The highest BCUT2D eigenvalue weighted by Gasteiger charge is 2.28. The number of halogens is 5. The molecule has 29 heavy (non-hydrogen) atoms. The third kappa shape index (κ3) is 5.88. The topological polar surface area (TPSA) is 56.2 Å². The first-order chi connectivity index (χ1) is 13.7. The summed E-state index contributed by atoms with van der Waals surface area (Å²) in [5.41, 5.74) is 1.17. The smallest absolute Gasteiger partial charge is 0.408 e. The number of hydrogen-bond acceptors (Lipinski definition) is 3. The Bertz CT molecular complexity index is 1020.